The molecular weight excluding hydrogens is 384 g/mol. The van der Waals surface area contributed by atoms with Crippen LogP contribution in [-0.4, -0.2) is 16.7 Å². The second kappa shape index (κ2) is 8.93. The molecule has 4 rings (SSSR count). The minimum atomic E-state index is -0.288. The average Bonchev–Trinajstić information content (AvgIpc) is 3.21. The zero-order valence-corrected chi connectivity index (χ0v) is 17.0. The lowest BCUT2D eigenvalue weighted by Gasteiger charge is -2.12. The molecule has 5 nitrogen and oxygen atoms in total. The molecule has 4 aromatic rings. The molecule has 31 heavy (non-hydrogen) atoms. The van der Waals surface area contributed by atoms with E-state index in [2.05, 4.69) is 52.4 Å². The van der Waals surface area contributed by atoms with E-state index >= 15 is 0 Å². The van der Waals surface area contributed by atoms with Crippen molar-refractivity contribution in [1.29, 1.82) is 5.26 Å². The standard InChI is InChI=1S/C26H20N4O/c1-19-7-16-25(22-5-3-2-4-6-22)30(19)24-14-12-23(13-15-24)26(31)29-28-18-21-10-8-20(17-27)9-11-21/h2-16,18H,1H3,(H,29,31)/b28-18+. The Morgan fingerprint density at radius 3 is 2.32 bits per heavy atom. The maximum absolute atomic E-state index is 12.4. The van der Waals surface area contributed by atoms with Crippen molar-refractivity contribution in [2.45, 2.75) is 6.92 Å². The van der Waals surface area contributed by atoms with Crippen LogP contribution in [0.2, 0.25) is 0 Å². The fourth-order valence-electron chi connectivity index (χ4n) is 3.35. The smallest absolute Gasteiger partial charge is 0.271 e. The van der Waals surface area contributed by atoms with Crippen LogP contribution in [0.3, 0.4) is 0 Å². The van der Waals surface area contributed by atoms with Gasteiger partial charge in [0.25, 0.3) is 5.91 Å². The molecule has 150 valence electrons. The van der Waals surface area contributed by atoms with Crippen molar-refractivity contribution in [2.75, 3.05) is 0 Å². The maximum atomic E-state index is 12.4. The van der Waals surface area contributed by atoms with Crippen LogP contribution < -0.4 is 5.43 Å². The van der Waals surface area contributed by atoms with Crippen molar-refractivity contribution >= 4 is 12.1 Å². The van der Waals surface area contributed by atoms with E-state index < -0.39 is 0 Å². The van der Waals surface area contributed by atoms with Crippen LogP contribution in [0.15, 0.2) is 96.1 Å². The Labute approximate surface area is 180 Å². The highest BCUT2D eigenvalue weighted by atomic mass is 16.2. The quantitative estimate of drug-likeness (QED) is 0.372. The van der Waals surface area contributed by atoms with E-state index in [0.717, 1.165) is 28.2 Å². The van der Waals surface area contributed by atoms with Crippen LogP contribution in [0, 0.1) is 18.3 Å². The van der Waals surface area contributed by atoms with Crippen molar-refractivity contribution < 1.29 is 4.79 Å². The first-order valence-electron chi connectivity index (χ1n) is 9.83. The number of benzene rings is 3. The summed E-state index contributed by atoms with van der Waals surface area (Å²) in [6.45, 7) is 2.06. The van der Waals surface area contributed by atoms with E-state index in [1.807, 2.05) is 30.3 Å². The molecule has 0 bridgehead atoms. The third-order valence-electron chi connectivity index (χ3n) is 4.95. The van der Waals surface area contributed by atoms with E-state index in [0.29, 0.717) is 11.1 Å². The van der Waals surface area contributed by atoms with Gasteiger partial charge in [0, 0.05) is 16.9 Å². The number of rotatable bonds is 5. The van der Waals surface area contributed by atoms with Crippen LogP contribution in [0.25, 0.3) is 16.9 Å². The molecule has 0 aliphatic heterocycles. The van der Waals surface area contributed by atoms with Gasteiger partial charge in [0.2, 0.25) is 0 Å². The molecule has 5 heteroatoms. The second-order valence-electron chi connectivity index (χ2n) is 7.04. The molecule has 0 aliphatic carbocycles. The molecule has 0 radical (unpaired) electrons. The van der Waals surface area contributed by atoms with Gasteiger partial charge in [-0.3, -0.25) is 4.79 Å². The number of hydrogen-bond acceptors (Lipinski definition) is 3. The summed E-state index contributed by atoms with van der Waals surface area (Å²) in [6.07, 6.45) is 1.54. The summed E-state index contributed by atoms with van der Waals surface area (Å²) in [5.41, 5.74) is 8.77. The highest BCUT2D eigenvalue weighted by molar-refractivity contribution is 5.95. The third kappa shape index (κ3) is 4.44. The Balaban J connectivity index is 1.49. The summed E-state index contributed by atoms with van der Waals surface area (Å²) in [6, 6.07) is 30.8. The molecule has 0 atom stereocenters. The van der Waals surface area contributed by atoms with E-state index in [1.54, 1.807) is 42.6 Å². The summed E-state index contributed by atoms with van der Waals surface area (Å²) in [7, 11) is 0. The summed E-state index contributed by atoms with van der Waals surface area (Å²) >= 11 is 0. The van der Waals surface area contributed by atoms with Gasteiger partial charge < -0.3 is 4.57 Å². The number of nitriles is 1. The number of hydrogen-bond donors (Lipinski definition) is 1. The number of carbonyl (C=O) groups excluding carboxylic acids is 1. The topological polar surface area (TPSA) is 70.2 Å². The van der Waals surface area contributed by atoms with Gasteiger partial charge in [-0.25, -0.2) is 5.43 Å². The lowest BCUT2D eigenvalue weighted by Crippen LogP contribution is -2.17. The average molecular weight is 404 g/mol. The molecule has 1 heterocycles. The van der Waals surface area contributed by atoms with Crippen LogP contribution in [0.4, 0.5) is 0 Å². The van der Waals surface area contributed by atoms with Gasteiger partial charge in [0.05, 0.1) is 23.5 Å². The fourth-order valence-corrected chi connectivity index (χ4v) is 3.35. The van der Waals surface area contributed by atoms with Crippen LogP contribution in [-0.2, 0) is 0 Å². The Morgan fingerprint density at radius 2 is 1.65 bits per heavy atom. The summed E-state index contributed by atoms with van der Waals surface area (Å²) in [4.78, 5) is 12.4. The predicted molar refractivity (Wildman–Crippen MR) is 122 cm³/mol. The fraction of sp³-hybridized carbons (Fsp3) is 0.0385. The molecule has 0 saturated carbocycles. The van der Waals surface area contributed by atoms with Crippen molar-refractivity contribution in [2.24, 2.45) is 5.10 Å². The predicted octanol–water partition coefficient (Wildman–Crippen LogP) is 5.09. The first-order chi connectivity index (χ1) is 15.2. The monoisotopic (exact) mass is 404 g/mol. The first kappa shape index (κ1) is 19.9. The Morgan fingerprint density at radius 1 is 0.935 bits per heavy atom. The zero-order chi connectivity index (χ0) is 21.6. The molecule has 1 N–H and O–H groups in total. The highest BCUT2D eigenvalue weighted by Gasteiger charge is 2.10. The third-order valence-corrected chi connectivity index (χ3v) is 4.95. The van der Waals surface area contributed by atoms with Crippen molar-refractivity contribution in [1.82, 2.24) is 9.99 Å². The molecule has 3 aromatic carbocycles. The first-order valence-corrected chi connectivity index (χ1v) is 9.83. The van der Waals surface area contributed by atoms with E-state index in [4.69, 9.17) is 5.26 Å². The molecule has 0 aliphatic rings. The number of carbonyl (C=O) groups is 1. The minimum Gasteiger partial charge on any atom is -0.314 e. The number of amides is 1. The number of aromatic nitrogens is 1. The molecule has 0 saturated heterocycles. The molecule has 1 amide bonds. The lowest BCUT2D eigenvalue weighted by atomic mass is 10.1. The number of hydrazone groups is 1. The summed E-state index contributed by atoms with van der Waals surface area (Å²) in [5, 5.41) is 12.8. The second-order valence-corrected chi connectivity index (χ2v) is 7.04. The minimum absolute atomic E-state index is 0.288. The SMILES string of the molecule is Cc1ccc(-c2ccccc2)n1-c1ccc(C(=O)N/N=C/c2ccc(C#N)cc2)cc1. The normalized spacial score (nSPS) is 10.7. The summed E-state index contributed by atoms with van der Waals surface area (Å²) < 4.78 is 2.17. The van der Waals surface area contributed by atoms with Crippen LogP contribution in [0.5, 0.6) is 0 Å². The Kier molecular flexibility index (Phi) is 5.72. The molecule has 0 fully saturated rings. The zero-order valence-electron chi connectivity index (χ0n) is 17.0. The largest absolute Gasteiger partial charge is 0.314 e. The number of nitrogens with one attached hydrogen (secondary N) is 1. The number of aryl methyl sites for hydroxylation is 1. The van der Waals surface area contributed by atoms with Gasteiger partial charge >= 0.3 is 0 Å². The van der Waals surface area contributed by atoms with Gasteiger partial charge in [0.1, 0.15) is 0 Å². The van der Waals surface area contributed by atoms with Gasteiger partial charge in [-0.2, -0.15) is 10.4 Å². The summed E-state index contributed by atoms with van der Waals surface area (Å²) in [5.74, 6) is -0.288. The molecule has 0 spiro atoms. The highest BCUT2D eigenvalue weighted by Crippen LogP contribution is 2.26. The van der Waals surface area contributed by atoms with Crippen molar-refractivity contribution in [3.05, 3.63) is 113 Å². The van der Waals surface area contributed by atoms with Gasteiger partial charge in [-0.05, 0) is 66.6 Å². The van der Waals surface area contributed by atoms with Crippen LogP contribution >= 0.6 is 0 Å². The molecule has 1 aromatic heterocycles. The molecular formula is C26H20N4O. The van der Waals surface area contributed by atoms with E-state index in [-0.39, 0.29) is 5.91 Å². The van der Waals surface area contributed by atoms with Gasteiger partial charge in [0.15, 0.2) is 0 Å². The van der Waals surface area contributed by atoms with Gasteiger partial charge in [-0.15, -0.1) is 0 Å². The Hall–Kier alpha value is -4.43. The molecule has 0 unspecified atom stereocenters. The van der Waals surface area contributed by atoms with Crippen molar-refractivity contribution in [3.8, 4) is 23.0 Å². The maximum Gasteiger partial charge on any atom is 0.271 e. The van der Waals surface area contributed by atoms with Crippen molar-refractivity contribution in [3.63, 3.8) is 0 Å². The van der Waals surface area contributed by atoms with E-state index in [1.165, 1.54) is 0 Å². The lowest BCUT2D eigenvalue weighted by molar-refractivity contribution is 0.0955. The van der Waals surface area contributed by atoms with Crippen LogP contribution in [0.1, 0.15) is 27.2 Å². The number of nitrogens with zero attached hydrogens (tertiary/aromatic N) is 3. The Bertz CT molecular complexity index is 1260. The van der Waals surface area contributed by atoms with E-state index in [9.17, 15) is 4.79 Å². The van der Waals surface area contributed by atoms with Gasteiger partial charge in [-0.1, -0.05) is 42.5 Å².